The van der Waals surface area contributed by atoms with Crippen molar-refractivity contribution >= 4 is 5.97 Å². The summed E-state index contributed by atoms with van der Waals surface area (Å²) >= 11 is 0. The minimum atomic E-state index is -0.848. The second-order valence-electron chi connectivity index (χ2n) is 2.59. The van der Waals surface area contributed by atoms with Gasteiger partial charge in [0.15, 0.2) is 0 Å². The zero-order valence-corrected chi connectivity index (χ0v) is 7.59. The van der Waals surface area contributed by atoms with Crippen molar-refractivity contribution in [2.24, 2.45) is 0 Å². The molecule has 0 N–H and O–H groups in total. The Morgan fingerprint density at radius 2 is 2.29 bits per heavy atom. The van der Waals surface area contributed by atoms with Gasteiger partial charge in [-0.3, -0.25) is 4.79 Å². The molecular formula is C9H9F2NO2. The lowest BCUT2D eigenvalue weighted by molar-refractivity contribution is -0.142. The standard InChI is InChI=1S/C9H9F2NO2/c1-2-14-8(13)4-6-3-7(10)5-12-9(6)11/h3,5H,2,4H2,1H3. The first kappa shape index (κ1) is 10.6. The fourth-order valence-electron chi connectivity index (χ4n) is 0.956. The van der Waals surface area contributed by atoms with Crippen molar-refractivity contribution in [3.63, 3.8) is 0 Å². The van der Waals surface area contributed by atoms with E-state index in [1.165, 1.54) is 0 Å². The van der Waals surface area contributed by atoms with Gasteiger partial charge in [-0.05, 0) is 13.0 Å². The number of nitrogens with zero attached hydrogens (tertiary/aromatic N) is 1. The molecule has 0 amide bonds. The third-order valence-corrected chi connectivity index (χ3v) is 1.52. The van der Waals surface area contributed by atoms with Crippen LogP contribution in [-0.4, -0.2) is 17.6 Å². The summed E-state index contributed by atoms with van der Waals surface area (Å²) in [6.45, 7) is 1.85. The number of halogens is 2. The molecule has 0 spiro atoms. The van der Waals surface area contributed by atoms with E-state index in [1.807, 2.05) is 0 Å². The van der Waals surface area contributed by atoms with Crippen LogP contribution in [0.25, 0.3) is 0 Å². The molecule has 0 aromatic carbocycles. The van der Waals surface area contributed by atoms with E-state index in [9.17, 15) is 13.6 Å². The summed E-state index contributed by atoms with van der Waals surface area (Å²) in [7, 11) is 0. The molecule has 0 atom stereocenters. The first-order valence-corrected chi connectivity index (χ1v) is 4.09. The molecule has 14 heavy (non-hydrogen) atoms. The van der Waals surface area contributed by atoms with Gasteiger partial charge in [-0.15, -0.1) is 0 Å². The van der Waals surface area contributed by atoms with Gasteiger partial charge >= 0.3 is 5.97 Å². The summed E-state index contributed by atoms with van der Waals surface area (Å²) in [4.78, 5) is 14.1. The van der Waals surface area contributed by atoms with Gasteiger partial charge in [0, 0.05) is 5.56 Å². The number of rotatable bonds is 3. The van der Waals surface area contributed by atoms with Gasteiger partial charge in [0.2, 0.25) is 5.95 Å². The molecule has 0 unspecified atom stereocenters. The summed E-state index contributed by atoms with van der Waals surface area (Å²) in [6, 6.07) is 0.930. The van der Waals surface area contributed by atoms with Crippen molar-refractivity contribution in [2.75, 3.05) is 6.61 Å². The molecule has 0 fully saturated rings. The van der Waals surface area contributed by atoms with E-state index < -0.39 is 17.7 Å². The maximum atomic E-state index is 12.9. The lowest BCUT2D eigenvalue weighted by Crippen LogP contribution is -2.09. The van der Waals surface area contributed by atoms with Crippen molar-refractivity contribution in [1.82, 2.24) is 4.98 Å². The average Bonchev–Trinajstić information content (AvgIpc) is 2.12. The van der Waals surface area contributed by atoms with Crippen LogP contribution in [-0.2, 0) is 16.0 Å². The highest BCUT2D eigenvalue weighted by molar-refractivity contribution is 5.72. The molecule has 0 aliphatic carbocycles. The van der Waals surface area contributed by atoms with Crippen molar-refractivity contribution < 1.29 is 18.3 Å². The quantitative estimate of drug-likeness (QED) is 0.549. The normalized spacial score (nSPS) is 9.93. The Bertz CT molecular complexity index is 342. The summed E-state index contributed by atoms with van der Waals surface area (Å²) in [5.74, 6) is -2.12. The third kappa shape index (κ3) is 2.76. The molecule has 5 heteroatoms. The number of ether oxygens (including phenoxy) is 1. The average molecular weight is 201 g/mol. The fourth-order valence-corrected chi connectivity index (χ4v) is 0.956. The van der Waals surface area contributed by atoms with E-state index >= 15 is 0 Å². The van der Waals surface area contributed by atoms with Crippen LogP contribution in [0.1, 0.15) is 12.5 Å². The number of carbonyl (C=O) groups is 1. The van der Waals surface area contributed by atoms with E-state index in [2.05, 4.69) is 9.72 Å². The summed E-state index contributed by atoms with van der Waals surface area (Å²) in [6.07, 6.45) is 0.453. The summed E-state index contributed by atoms with van der Waals surface area (Å²) < 4.78 is 30.1. The topological polar surface area (TPSA) is 39.2 Å². The molecule has 76 valence electrons. The smallest absolute Gasteiger partial charge is 0.310 e. The SMILES string of the molecule is CCOC(=O)Cc1cc(F)cnc1F. The van der Waals surface area contributed by atoms with E-state index in [1.54, 1.807) is 6.92 Å². The van der Waals surface area contributed by atoms with Crippen molar-refractivity contribution in [3.05, 3.63) is 29.6 Å². The van der Waals surface area contributed by atoms with E-state index in [0.29, 0.717) is 0 Å². The molecule has 1 aromatic rings. The minimum absolute atomic E-state index is 0.0940. The molecule has 0 bridgehead atoms. The molecule has 1 heterocycles. The zero-order valence-electron chi connectivity index (χ0n) is 7.59. The molecular weight excluding hydrogens is 192 g/mol. The second-order valence-corrected chi connectivity index (χ2v) is 2.59. The Morgan fingerprint density at radius 1 is 1.57 bits per heavy atom. The fraction of sp³-hybridized carbons (Fsp3) is 0.333. The Morgan fingerprint density at radius 3 is 2.93 bits per heavy atom. The van der Waals surface area contributed by atoms with Crippen molar-refractivity contribution in [2.45, 2.75) is 13.3 Å². The van der Waals surface area contributed by atoms with Crippen molar-refractivity contribution in [3.8, 4) is 0 Å². The van der Waals surface area contributed by atoms with Crippen LogP contribution in [0.4, 0.5) is 8.78 Å². The van der Waals surface area contributed by atoms with Gasteiger partial charge in [-0.1, -0.05) is 0 Å². The van der Waals surface area contributed by atoms with Gasteiger partial charge in [0.25, 0.3) is 0 Å². The Balaban J connectivity index is 2.75. The van der Waals surface area contributed by atoms with E-state index in [0.717, 1.165) is 12.3 Å². The van der Waals surface area contributed by atoms with Gasteiger partial charge in [-0.2, -0.15) is 4.39 Å². The Kier molecular flexibility index (Phi) is 3.50. The first-order valence-electron chi connectivity index (χ1n) is 4.09. The molecule has 0 aliphatic heterocycles. The van der Waals surface area contributed by atoms with Crippen LogP contribution >= 0.6 is 0 Å². The lowest BCUT2D eigenvalue weighted by atomic mass is 10.2. The highest BCUT2D eigenvalue weighted by Crippen LogP contribution is 2.07. The molecule has 1 aromatic heterocycles. The van der Waals surface area contributed by atoms with Crippen LogP contribution < -0.4 is 0 Å². The van der Waals surface area contributed by atoms with E-state index in [-0.39, 0.29) is 18.6 Å². The summed E-state index contributed by atoms with van der Waals surface area (Å²) in [5.41, 5.74) is -0.0940. The maximum absolute atomic E-state index is 12.9. The van der Waals surface area contributed by atoms with Gasteiger partial charge < -0.3 is 4.74 Å². The number of aromatic nitrogens is 1. The van der Waals surface area contributed by atoms with E-state index in [4.69, 9.17) is 0 Å². The largest absolute Gasteiger partial charge is 0.466 e. The van der Waals surface area contributed by atoms with Gasteiger partial charge in [0.1, 0.15) is 5.82 Å². The van der Waals surface area contributed by atoms with Crippen LogP contribution in [0.3, 0.4) is 0 Å². The summed E-state index contributed by atoms with van der Waals surface area (Å²) in [5, 5.41) is 0. The van der Waals surface area contributed by atoms with Crippen molar-refractivity contribution in [1.29, 1.82) is 0 Å². The third-order valence-electron chi connectivity index (χ3n) is 1.52. The molecule has 0 saturated carbocycles. The predicted molar refractivity (Wildman–Crippen MR) is 44.5 cm³/mol. The highest BCUT2D eigenvalue weighted by Gasteiger charge is 2.10. The lowest BCUT2D eigenvalue weighted by Gasteiger charge is -2.02. The minimum Gasteiger partial charge on any atom is -0.466 e. The molecule has 0 saturated heterocycles. The molecule has 1 rings (SSSR count). The van der Waals surface area contributed by atoms with Gasteiger partial charge in [0.05, 0.1) is 19.2 Å². The Hall–Kier alpha value is -1.52. The monoisotopic (exact) mass is 201 g/mol. The second kappa shape index (κ2) is 4.64. The van der Waals surface area contributed by atoms with Crippen LogP contribution in [0.2, 0.25) is 0 Å². The number of carbonyl (C=O) groups excluding carboxylic acids is 1. The maximum Gasteiger partial charge on any atom is 0.310 e. The highest BCUT2D eigenvalue weighted by atomic mass is 19.1. The zero-order chi connectivity index (χ0) is 10.6. The molecule has 0 aliphatic rings. The molecule has 3 nitrogen and oxygen atoms in total. The molecule has 0 radical (unpaired) electrons. The van der Waals surface area contributed by atoms with Crippen LogP contribution in [0.15, 0.2) is 12.3 Å². The predicted octanol–water partition coefficient (Wildman–Crippen LogP) is 1.47. The first-order chi connectivity index (χ1) is 6.63. The van der Waals surface area contributed by atoms with Crippen LogP contribution in [0.5, 0.6) is 0 Å². The number of hydrogen-bond donors (Lipinski definition) is 0. The van der Waals surface area contributed by atoms with Crippen LogP contribution in [0, 0.1) is 11.8 Å². The number of pyridine rings is 1. The number of esters is 1. The Labute approximate surface area is 79.7 Å². The number of hydrogen-bond acceptors (Lipinski definition) is 3. The van der Waals surface area contributed by atoms with Gasteiger partial charge in [-0.25, -0.2) is 9.37 Å².